The Morgan fingerprint density at radius 1 is 1.22 bits per heavy atom. The second-order valence-corrected chi connectivity index (χ2v) is 4.89. The summed E-state index contributed by atoms with van der Waals surface area (Å²) < 4.78 is 5.41. The van der Waals surface area contributed by atoms with E-state index in [0.717, 1.165) is 25.1 Å². The number of rotatable bonds is 3. The number of benzene rings is 1. The summed E-state index contributed by atoms with van der Waals surface area (Å²) in [5.74, 6) is 0.995. The second-order valence-electron chi connectivity index (χ2n) is 4.89. The molecule has 1 N–H and O–H groups in total. The minimum atomic E-state index is 0.400. The molecule has 18 heavy (non-hydrogen) atoms. The molecule has 1 aliphatic rings. The van der Waals surface area contributed by atoms with Gasteiger partial charge in [0, 0.05) is 24.7 Å². The molecule has 1 fully saturated rings. The van der Waals surface area contributed by atoms with Gasteiger partial charge in [-0.3, -0.25) is 0 Å². The summed E-state index contributed by atoms with van der Waals surface area (Å²) in [6, 6.07) is 10.9. The van der Waals surface area contributed by atoms with Crippen LogP contribution >= 0.6 is 0 Å². The summed E-state index contributed by atoms with van der Waals surface area (Å²) >= 11 is 0. The highest BCUT2D eigenvalue weighted by molar-refractivity contribution is 5.91. The molecule has 1 heterocycles. The van der Waals surface area contributed by atoms with Crippen LogP contribution < -0.4 is 5.32 Å². The first-order valence-electron chi connectivity index (χ1n) is 6.50. The molecule has 1 aromatic carbocycles. The largest absolute Gasteiger partial charge is 0.381 e. The van der Waals surface area contributed by atoms with Crippen molar-refractivity contribution in [2.45, 2.75) is 31.4 Å². The number of hydrogen-bond acceptors (Lipinski definition) is 3. The first-order chi connectivity index (χ1) is 8.86. The molecular formula is C15H18N2O. The van der Waals surface area contributed by atoms with E-state index in [0.29, 0.717) is 12.1 Å². The summed E-state index contributed by atoms with van der Waals surface area (Å²) in [5, 5.41) is 5.98. The van der Waals surface area contributed by atoms with Crippen LogP contribution in [0.1, 0.15) is 19.3 Å². The third-order valence-corrected chi connectivity index (χ3v) is 3.73. The van der Waals surface area contributed by atoms with E-state index in [4.69, 9.17) is 4.74 Å². The highest BCUT2D eigenvalue weighted by Gasteiger charge is 2.24. The van der Waals surface area contributed by atoms with Crippen LogP contribution in [0.5, 0.6) is 0 Å². The van der Waals surface area contributed by atoms with Crippen LogP contribution in [0.25, 0.3) is 10.8 Å². The molecule has 0 spiro atoms. The Labute approximate surface area is 107 Å². The highest BCUT2D eigenvalue weighted by atomic mass is 16.5. The van der Waals surface area contributed by atoms with Gasteiger partial charge in [-0.1, -0.05) is 24.3 Å². The van der Waals surface area contributed by atoms with Gasteiger partial charge < -0.3 is 10.1 Å². The van der Waals surface area contributed by atoms with Crippen molar-refractivity contribution in [3.8, 4) is 0 Å². The molecule has 0 bridgehead atoms. The monoisotopic (exact) mass is 242 g/mol. The van der Waals surface area contributed by atoms with Crippen LogP contribution in [0.15, 0.2) is 36.5 Å². The molecule has 3 nitrogen and oxygen atoms in total. The topological polar surface area (TPSA) is 34.1 Å². The molecule has 3 heteroatoms. The van der Waals surface area contributed by atoms with Crippen molar-refractivity contribution in [3.05, 3.63) is 36.5 Å². The molecule has 3 rings (SSSR count). The molecule has 0 amide bonds. The molecule has 1 aromatic heterocycles. The van der Waals surface area contributed by atoms with Crippen molar-refractivity contribution in [2.24, 2.45) is 0 Å². The Bertz CT molecular complexity index is 536. The van der Waals surface area contributed by atoms with Crippen LogP contribution in [0, 0.1) is 0 Å². The van der Waals surface area contributed by atoms with Crippen molar-refractivity contribution in [3.63, 3.8) is 0 Å². The van der Waals surface area contributed by atoms with Crippen LogP contribution in [0.2, 0.25) is 0 Å². The average molecular weight is 242 g/mol. The van der Waals surface area contributed by atoms with E-state index in [1.807, 2.05) is 12.3 Å². The van der Waals surface area contributed by atoms with Gasteiger partial charge in [-0.05, 0) is 30.7 Å². The van der Waals surface area contributed by atoms with Gasteiger partial charge in [0.1, 0.15) is 5.82 Å². The Balaban J connectivity index is 1.83. The van der Waals surface area contributed by atoms with Crippen molar-refractivity contribution >= 4 is 16.6 Å². The van der Waals surface area contributed by atoms with Crippen LogP contribution in [-0.2, 0) is 4.74 Å². The molecular weight excluding hydrogens is 224 g/mol. The first kappa shape index (κ1) is 11.5. The molecule has 2 unspecified atom stereocenters. The van der Waals surface area contributed by atoms with Crippen molar-refractivity contribution < 1.29 is 4.74 Å². The molecule has 94 valence electrons. The Kier molecular flexibility index (Phi) is 3.15. The predicted octanol–water partition coefficient (Wildman–Crippen LogP) is 3.21. The number of ether oxygens (including phenoxy) is 1. The summed E-state index contributed by atoms with van der Waals surface area (Å²) in [7, 11) is 1.79. The van der Waals surface area contributed by atoms with Crippen molar-refractivity contribution in [1.82, 2.24) is 4.98 Å². The fourth-order valence-electron chi connectivity index (χ4n) is 2.71. The van der Waals surface area contributed by atoms with E-state index in [1.54, 1.807) is 7.11 Å². The van der Waals surface area contributed by atoms with Gasteiger partial charge in [0.15, 0.2) is 0 Å². The van der Waals surface area contributed by atoms with E-state index < -0.39 is 0 Å². The lowest BCUT2D eigenvalue weighted by Crippen LogP contribution is -2.18. The third kappa shape index (κ3) is 2.18. The molecule has 1 aliphatic carbocycles. The first-order valence-corrected chi connectivity index (χ1v) is 6.50. The second kappa shape index (κ2) is 4.94. The van der Waals surface area contributed by atoms with Crippen LogP contribution in [0.4, 0.5) is 5.82 Å². The Hall–Kier alpha value is -1.61. The maximum absolute atomic E-state index is 5.41. The fourth-order valence-corrected chi connectivity index (χ4v) is 2.71. The molecule has 0 aliphatic heterocycles. The number of hydrogen-bond donors (Lipinski definition) is 1. The quantitative estimate of drug-likeness (QED) is 0.897. The Morgan fingerprint density at radius 3 is 2.94 bits per heavy atom. The summed E-state index contributed by atoms with van der Waals surface area (Å²) in [4.78, 5) is 4.47. The fraction of sp³-hybridized carbons (Fsp3) is 0.400. The number of nitrogens with one attached hydrogen (secondary N) is 1. The number of fused-ring (bicyclic) bond motifs is 1. The molecule has 2 aromatic rings. The van der Waals surface area contributed by atoms with Crippen molar-refractivity contribution in [2.75, 3.05) is 12.4 Å². The van der Waals surface area contributed by atoms with E-state index in [9.17, 15) is 0 Å². The van der Waals surface area contributed by atoms with Gasteiger partial charge in [0.2, 0.25) is 0 Å². The average Bonchev–Trinajstić information content (AvgIpc) is 2.87. The van der Waals surface area contributed by atoms with Gasteiger partial charge in [-0.2, -0.15) is 0 Å². The third-order valence-electron chi connectivity index (χ3n) is 3.73. The summed E-state index contributed by atoms with van der Waals surface area (Å²) in [6.45, 7) is 0. The van der Waals surface area contributed by atoms with Gasteiger partial charge in [-0.15, -0.1) is 0 Å². The van der Waals surface area contributed by atoms with Gasteiger partial charge in [-0.25, -0.2) is 4.98 Å². The minimum Gasteiger partial charge on any atom is -0.381 e. The number of anilines is 1. The van der Waals surface area contributed by atoms with E-state index in [1.165, 1.54) is 10.8 Å². The lowest BCUT2D eigenvalue weighted by Gasteiger charge is -2.15. The number of pyridine rings is 1. The zero-order chi connectivity index (χ0) is 12.4. The van der Waals surface area contributed by atoms with E-state index >= 15 is 0 Å². The maximum atomic E-state index is 5.41. The number of nitrogens with zero attached hydrogens (tertiary/aromatic N) is 1. The SMILES string of the molecule is COC1CCC(Nc2nccc3ccccc23)C1. The Morgan fingerprint density at radius 2 is 2.11 bits per heavy atom. The van der Waals surface area contributed by atoms with Crippen LogP contribution in [-0.4, -0.2) is 24.2 Å². The number of aromatic nitrogens is 1. The standard InChI is InChI=1S/C15H18N2O/c1-18-13-7-6-12(10-13)17-15-14-5-3-2-4-11(14)8-9-16-15/h2-5,8-9,12-13H,6-7,10H2,1H3,(H,16,17). The normalized spacial score (nSPS) is 23.4. The number of methoxy groups -OCH3 is 1. The molecule has 1 saturated carbocycles. The summed E-state index contributed by atoms with van der Waals surface area (Å²) in [6.07, 6.45) is 5.63. The minimum absolute atomic E-state index is 0.400. The maximum Gasteiger partial charge on any atom is 0.134 e. The lowest BCUT2D eigenvalue weighted by atomic mass is 10.1. The molecule has 0 saturated heterocycles. The van der Waals surface area contributed by atoms with Crippen molar-refractivity contribution in [1.29, 1.82) is 0 Å². The summed E-state index contributed by atoms with van der Waals surface area (Å²) in [5.41, 5.74) is 0. The predicted molar refractivity (Wildman–Crippen MR) is 73.8 cm³/mol. The molecule has 2 atom stereocenters. The van der Waals surface area contributed by atoms with Gasteiger partial charge >= 0.3 is 0 Å². The van der Waals surface area contributed by atoms with Gasteiger partial charge in [0.05, 0.1) is 6.10 Å². The molecule has 0 radical (unpaired) electrons. The van der Waals surface area contributed by atoms with Crippen LogP contribution in [0.3, 0.4) is 0 Å². The van der Waals surface area contributed by atoms with E-state index in [-0.39, 0.29) is 0 Å². The zero-order valence-electron chi connectivity index (χ0n) is 10.6. The lowest BCUT2D eigenvalue weighted by molar-refractivity contribution is 0.108. The van der Waals surface area contributed by atoms with Gasteiger partial charge in [0.25, 0.3) is 0 Å². The smallest absolute Gasteiger partial charge is 0.134 e. The zero-order valence-corrected chi connectivity index (χ0v) is 10.6. The highest BCUT2D eigenvalue weighted by Crippen LogP contribution is 2.27. The van der Waals surface area contributed by atoms with E-state index in [2.05, 4.69) is 34.6 Å².